The first kappa shape index (κ1) is 17.6. The summed E-state index contributed by atoms with van der Waals surface area (Å²) in [5.74, 6) is -0.280. The Bertz CT molecular complexity index is 557. The number of ether oxygens (including phenoxy) is 1. The Balaban J connectivity index is 3.03. The molecule has 0 radical (unpaired) electrons. The van der Waals surface area contributed by atoms with Gasteiger partial charge in [0.25, 0.3) is 10.0 Å². The van der Waals surface area contributed by atoms with E-state index >= 15 is 0 Å². The van der Waals surface area contributed by atoms with E-state index in [2.05, 4.69) is 15.9 Å². The van der Waals surface area contributed by atoms with Crippen molar-refractivity contribution < 1.29 is 17.9 Å². The van der Waals surface area contributed by atoms with E-state index in [-0.39, 0.29) is 29.8 Å². The van der Waals surface area contributed by atoms with Gasteiger partial charge >= 0.3 is 0 Å². The Morgan fingerprint density at radius 1 is 1.45 bits per heavy atom. The Kier molecular flexibility index (Phi) is 6.59. The van der Waals surface area contributed by atoms with Crippen LogP contribution in [0.15, 0.2) is 20.1 Å². The van der Waals surface area contributed by atoms with Crippen LogP contribution in [0.25, 0.3) is 0 Å². The maximum atomic E-state index is 12.6. The second-order valence-corrected chi connectivity index (χ2v) is 8.08. The molecule has 0 aliphatic carbocycles. The predicted molar refractivity (Wildman–Crippen MR) is 81.3 cm³/mol. The molecule has 9 heteroatoms. The lowest BCUT2D eigenvalue weighted by Crippen LogP contribution is -2.41. The summed E-state index contributed by atoms with van der Waals surface area (Å²) in [7, 11) is 0.950. The SMILES string of the molecule is COCCN(CC(=O)N(C)C)S(=O)(=O)c1sccc1Br. The van der Waals surface area contributed by atoms with Gasteiger partial charge in [-0.15, -0.1) is 11.3 Å². The summed E-state index contributed by atoms with van der Waals surface area (Å²) in [5, 5.41) is 1.68. The highest BCUT2D eigenvalue weighted by atomic mass is 79.9. The van der Waals surface area contributed by atoms with Crippen LogP contribution in [-0.4, -0.2) is 64.4 Å². The average molecular weight is 385 g/mol. The fraction of sp³-hybridized carbons (Fsp3) is 0.545. The van der Waals surface area contributed by atoms with E-state index in [0.717, 1.165) is 15.6 Å². The minimum atomic E-state index is -3.71. The first-order valence-corrected chi connectivity index (χ1v) is 8.84. The van der Waals surface area contributed by atoms with Crippen molar-refractivity contribution in [1.29, 1.82) is 0 Å². The molecule has 0 unspecified atom stereocenters. The van der Waals surface area contributed by atoms with Crippen molar-refractivity contribution in [2.75, 3.05) is 40.9 Å². The number of halogens is 1. The number of methoxy groups -OCH3 is 1. The Hall–Kier alpha value is -0.480. The number of sulfonamides is 1. The average Bonchev–Trinajstić information content (AvgIpc) is 2.80. The molecule has 0 atom stereocenters. The summed E-state index contributed by atoms with van der Waals surface area (Å²) in [6, 6.07) is 1.67. The lowest BCUT2D eigenvalue weighted by molar-refractivity contribution is -0.128. The number of carbonyl (C=O) groups is 1. The molecule has 0 aromatic carbocycles. The Morgan fingerprint density at radius 2 is 2.10 bits per heavy atom. The number of amides is 1. The minimum Gasteiger partial charge on any atom is -0.383 e. The third-order valence-electron chi connectivity index (χ3n) is 2.51. The molecule has 0 aliphatic heterocycles. The molecule has 20 heavy (non-hydrogen) atoms. The zero-order valence-electron chi connectivity index (χ0n) is 11.5. The molecule has 114 valence electrons. The maximum Gasteiger partial charge on any atom is 0.254 e. The number of rotatable bonds is 7. The number of carbonyl (C=O) groups excluding carboxylic acids is 1. The van der Waals surface area contributed by atoms with Gasteiger partial charge in [-0.3, -0.25) is 4.79 Å². The normalized spacial score (nSPS) is 11.8. The summed E-state index contributed by atoms with van der Waals surface area (Å²) in [6.07, 6.45) is 0. The van der Waals surface area contributed by atoms with Crippen molar-refractivity contribution in [2.45, 2.75) is 4.21 Å². The van der Waals surface area contributed by atoms with Gasteiger partial charge in [-0.1, -0.05) is 0 Å². The zero-order valence-corrected chi connectivity index (χ0v) is 14.7. The number of hydrogen-bond donors (Lipinski definition) is 0. The standard InChI is InChI=1S/C11H17BrN2O4S2/c1-13(2)10(15)8-14(5-6-18-3)20(16,17)11-9(12)4-7-19-11/h4,7H,5-6,8H2,1-3H3. The lowest BCUT2D eigenvalue weighted by Gasteiger charge is -2.22. The summed E-state index contributed by atoms with van der Waals surface area (Å²) >= 11 is 4.32. The third kappa shape index (κ3) is 4.26. The van der Waals surface area contributed by atoms with Crippen LogP contribution in [0.4, 0.5) is 0 Å². The molecular formula is C11H17BrN2O4S2. The molecule has 1 aromatic rings. The summed E-state index contributed by atoms with van der Waals surface area (Å²) in [6.45, 7) is 0.148. The van der Waals surface area contributed by atoms with Gasteiger partial charge in [0.2, 0.25) is 5.91 Å². The first-order valence-electron chi connectivity index (χ1n) is 5.73. The van der Waals surface area contributed by atoms with Crippen LogP contribution >= 0.6 is 27.3 Å². The minimum absolute atomic E-state index is 0.128. The van der Waals surface area contributed by atoms with Crippen LogP contribution < -0.4 is 0 Å². The van der Waals surface area contributed by atoms with Gasteiger partial charge in [-0.2, -0.15) is 4.31 Å². The number of nitrogens with zero attached hydrogens (tertiary/aromatic N) is 2. The smallest absolute Gasteiger partial charge is 0.254 e. The lowest BCUT2D eigenvalue weighted by atomic mass is 10.5. The van der Waals surface area contributed by atoms with Crippen molar-refractivity contribution in [2.24, 2.45) is 0 Å². The highest BCUT2D eigenvalue weighted by molar-refractivity contribution is 9.10. The molecule has 0 spiro atoms. The van der Waals surface area contributed by atoms with E-state index in [9.17, 15) is 13.2 Å². The van der Waals surface area contributed by atoms with Crippen molar-refractivity contribution in [3.63, 3.8) is 0 Å². The molecule has 0 bridgehead atoms. The van der Waals surface area contributed by atoms with Crippen LogP contribution in [0.2, 0.25) is 0 Å². The molecule has 0 fully saturated rings. The molecule has 6 nitrogen and oxygen atoms in total. The van der Waals surface area contributed by atoms with Gasteiger partial charge < -0.3 is 9.64 Å². The van der Waals surface area contributed by atoms with Gasteiger partial charge in [0.15, 0.2) is 0 Å². The molecule has 1 aromatic heterocycles. The molecule has 1 amide bonds. The van der Waals surface area contributed by atoms with Crippen molar-refractivity contribution in [3.8, 4) is 0 Å². The van der Waals surface area contributed by atoms with E-state index in [0.29, 0.717) is 4.47 Å². The maximum absolute atomic E-state index is 12.6. The fourth-order valence-corrected chi connectivity index (χ4v) is 5.17. The van der Waals surface area contributed by atoms with Gasteiger partial charge in [0.05, 0.1) is 13.2 Å². The first-order chi connectivity index (χ1) is 9.30. The van der Waals surface area contributed by atoms with Crippen molar-refractivity contribution in [3.05, 3.63) is 15.9 Å². The molecular weight excluding hydrogens is 368 g/mol. The quantitative estimate of drug-likeness (QED) is 0.708. The summed E-state index contributed by atoms with van der Waals surface area (Å²) in [5.41, 5.74) is 0. The number of likely N-dealkylation sites (N-methyl/N-ethyl adjacent to an activating group) is 1. The zero-order chi connectivity index (χ0) is 15.3. The topological polar surface area (TPSA) is 66.9 Å². The predicted octanol–water partition coefficient (Wildman–Crippen LogP) is 1.24. The number of thiophene rings is 1. The van der Waals surface area contributed by atoms with E-state index in [1.807, 2.05) is 0 Å². The van der Waals surface area contributed by atoms with Crippen LogP contribution in [0.3, 0.4) is 0 Å². The highest BCUT2D eigenvalue weighted by Crippen LogP contribution is 2.30. The summed E-state index contributed by atoms with van der Waals surface area (Å²) < 4.78 is 31.9. The van der Waals surface area contributed by atoms with E-state index in [1.165, 1.54) is 12.0 Å². The van der Waals surface area contributed by atoms with Gasteiger partial charge in [0.1, 0.15) is 4.21 Å². The number of hydrogen-bond acceptors (Lipinski definition) is 5. The van der Waals surface area contributed by atoms with E-state index in [1.54, 1.807) is 25.5 Å². The second kappa shape index (κ2) is 7.51. The van der Waals surface area contributed by atoms with Crippen LogP contribution in [0.5, 0.6) is 0 Å². The van der Waals surface area contributed by atoms with Crippen LogP contribution in [0.1, 0.15) is 0 Å². The van der Waals surface area contributed by atoms with Crippen molar-refractivity contribution in [1.82, 2.24) is 9.21 Å². The second-order valence-electron chi connectivity index (χ2n) is 4.18. The van der Waals surface area contributed by atoms with Crippen LogP contribution in [-0.2, 0) is 19.6 Å². The molecule has 1 heterocycles. The molecule has 0 aliphatic rings. The molecule has 0 saturated carbocycles. The Labute approximate surface area is 131 Å². The van der Waals surface area contributed by atoms with E-state index < -0.39 is 10.0 Å². The van der Waals surface area contributed by atoms with Gasteiger partial charge in [-0.25, -0.2) is 8.42 Å². The monoisotopic (exact) mass is 384 g/mol. The molecule has 0 saturated heterocycles. The highest BCUT2D eigenvalue weighted by Gasteiger charge is 2.29. The van der Waals surface area contributed by atoms with E-state index in [4.69, 9.17) is 4.74 Å². The van der Waals surface area contributed by atoms with Gasteiger partial charge in [0, 0.05) is 32.2 Å². The Morgan fingerprint density at radius 3 is 2.55 bits per heavy atom. The van der Waals surface area contributed by atoms with Crippen molar-refractivity contribution >= 4 is 43.2 Å². The molecule has 0 N–H and O–H groups in total. The largest absolute Gasteiger partial charge is 0.383 e. The van der Waals surface area contributed by atoms with Crippen LogP contribution in [0, 0.1) is 0 Å². The fourth-order valence-electron chi connectivity index (χ4n) is 1.35. The summed E-state index contributed by atoms with van der Waals surface area (Å²) in [4.78, 5) is 13.1. The third-order valence-corrected chi connectivity index (χ3v) is 7.01. The van der Waals surface area contributed by atoms with Gasteiger partial charge in [-0.05, 0) is 27.4 Å². The molecule has 1 rings (SSSR count).